The van der Waals surface area contributed by atoms with E-state index in [9.17, 15) is 4.79 Å². The molecule has 1 amide bonds. The summed E-state index contributed by atoms with van der Waals surface area (Å²) in [5.74, 6) is 1.09. The van der Waals surface area contributed by atoms with Crippen molar-refractivity contribution in [3.8, 4) is 11.1 Å². The van der Waals surface area contributed by atoms with Crippen molar-refractivity contribution in [3.63, 3.8) is 0 Å². The average Bonchev–Trinajstić information content (AvgIpc) is 2.93. The number of piperazine rings is 1. The zero-order valence-corrected chi connectivity index (χ0v) is 22.2. The lowest BCUT2D eigenvalue weighted by atomic mass is 10.0. The lowest BCUT2D eigenvalue weighted by molar-refractivity contribution is -0.119. The van der Waals surface area contributed by atoms with Gasteiger partial charge in [-0.2, -0.15) is 0 Å². The number of para-hydroxylation sites is 1. The Labute approximate surface area is 224 Å². The first-order chi connectivity index (χ1) is 18.5. The fraction of sp³-hybridized carbons (Fsp3) is 0.323. The van der Waals surface area contributed by atoms with Gasteiger partial charge in [0.25, 0.3) is 0 Å². The predicted molar refractivity (Wildman–Crippen MR) is 153 cm³/mol. The summed E-state index contributed by atoms with van der Waals surface area (Å²) in [6.07, 6.45) is 0. The van der Waals surface area contributed by atoms with E-state index in [1.165, 1.54) is 16.7 Å². The number of nitrogens with one attached hydrogen (secondary N) is 1. The van der Waals surface area contributed by atoms with Gasteiger partial charge in [0, 0.05) is 38.1 Å². The standard InChI is InChI=1S/C31H36N6O/c1-22(2)29(30(32)38)35-31-26-13-6-7-14-27(26)33-28(34-31)21-37-17-15-36(16-18-37)20-23-9-8-12-25(19-23)24-10-4-3-5-11-24/h3-14,19,22,29H,15-18,20-21H2,1-2H3,(H2,32,38)(H,33,34,35)/t29-/m0/s1. The average molecular weight is 509 g/mol. The number of carbonyl (C=O) groups excluding carboxylic acids is 1. The molecule has 1 atom stereocenters. The summed E-state index contributed by atoms with van der Waals surface area (Å²) in [5.41, 5.74) is 10.4. The van der Waals surface area contributed by atoms with Crippen LogP contribution in [0.4, 0.5) is 5.82 Å². The van der Waals surface area contributed by atoms with Crippen LogP contribution in [-0.4, -0.2) is 57.9 Å². The summed E-state index contributed by atoms with van der Waals surface area (Å²) in [4.78, 5) is 26.6. The van der Waals surface area contributed by atoms with Crippen molar-refractivity contribution in [2.75, 3.05) is 31.5 Å². The summed E-state index contributed by atoms with van der Waals surface area (Å²) in [7, 11) is 0. The third-order valence-corrected chi connectivity index (χ3v) is 7.19. The predicted octanol–water partition coefficient (Wildman–Crippen LogP) is 4.54. The SMILES string of the molecule is CC(C)[C@H](Nc1nc(CN2CCN(Cc3cccc(-c4ccccc4)c3)CC2)nc2ccccc12)C(N)=O. The van der Waals surface area contributed by atoms with Crippen LogP contribution in [0.2, 0.25) is 0 Å². The Morgan fingerprint density at radius 3 is 2.21 bits per heavy atom. The van der Waals surface area contributed by atoms with Crippen LogP contribution in [-0.2, 0) is 17.9 Å². The number of primary amides is 1. The smallest absolute Gasteiger partial charge is 0.240 e. The monoisotopic (exact) mass is 508 g/mol. The third-order valence-electron chi connectivity index (χ3n) is 7.19. The second-order valence-corrected chi connectivity index (χ2v) is 10.4. The minimum atomic E-state index is -0.495. The molecule has 1 aliphatic heterocycles. The van der Waals surface area contributed by atoms with Crippen LogP contribution in [0.3, 0.4) is 0 Å². The van der Waals surface area contributed by atoms with Gasteiger partial charge in [-0.05, 0) is 40.8 Å². The molecule has 1 aliphatic rings. The normalized spacial score (nSPS) is 15.6. The molecular formula is C31H36N6O. The lowest BCUT2D eigenvalue weighted by Gasteiger charge is -2.34. The van der Waals surface area contributed by atoms with Gasteiger partial charge in [-0.25, -0.2) is 9.97 Å². The van der Waals surface area contributed by atoms with Crippen molar-refractivity contribution in [2.24, 2.45) is 11.7 Å². The molecule has 0 bridgehead atoms. The number of benzene rings is 3. The van der Waals surface area contributed by atoms with E-state index in [0.717, 1.165) is 49.5 Å². The number of nitrogens with two attached hydrogens (primary N) is 1. The first-order valence-corrected chi connectivity index (χ1v) is 13.4. The van der Waals surface area contributed by atoms with Gasteiger partial charge in [-0.1, -0.05) is 74.5 Å². The number of anilines is 1. The van der Waals surface area contributed by atoms with Crippen LogP contribution in [0.1, 0.15) is 25.2 Å². The molecule has 1 aromatic heterocycles. The summed E-state index contributed by atoms with van der Waals surface area (Å²) in [6, 6.07) is 26.8. The summed E-state index contributed by atoms with van der Waals surface area (Å²) >= 11 is 0. The topological polar surface area (TPSA) is 87.4 Å². The number of hydrogen-bond donors (Lipinski definition) is 2. The Morgan fingerprint density at radius 1 is 0.842 bits per heavy atom. The van der Waals surface area contributed by atoms with E-state index < -0.39 is 6.04 Å². The van der Waals surface area contributed by atoms with Crippen molar-refractivity contribution in [1.82, 2.24) is 19.8 Å². The number of fused-ring (bicyclic) bond motifs is 1. The van der Waals surface area contributed by atoms with Crippen molar-refractivity contribution in [1.29, 1.82) is 0 Å². The van der Waals surface area contributed by atoms with Gasteiger partial charge in [0.15, 0.2) is 0 Å². The number of hydrogen-bond acceptors (Lipinski definition) is 6. The van der Waals surface area contributed by atoms with Gasteiger partial charge < -0.3 is 11.1 Å². The highest BCUT2D eigenvalue weighted by molar-refractivity contribution is 5.91. The van der Waals surface area contributed by atoms with E-state index >= 15 is 0 Å². The van der Waals surface area contributed by atoms with E-state index in [2.05, 4.69) is 69.7 Å². The molecule has 7 heteroatoms. The van der Waals surface area contributed by atoms with Gasteiger partial charge in [0.05, 0.1) is 12.1 Å². The molecule has 196 valence electrons. The molecule has 7 nitrogen and oxygen atoms in total. The molecule has 0 unspecified atom stereocenters. The van der Waals surface area contributed by atoms with E-state index in [0.29, 0.717) is 12.4 Å². The highest BCUT2D eigenvalue weighted by Crippen LogP contribution is 2.24. The van der Waals surface area contributed by atoms with Crippen LogP contribution < -0.4 is 11.1 Å². The summed E-state index contributed by atoms with van der Waals surface area (Å²) in [6.45, 7) is 9.45. The Hall–Kier alpha value is -3.81. The number of carbonyl (C=O) groups is 1. The van der Waals surface area contributed by atoms with E-state index in [1.54, 1.807) is 0 Å². The van der Waals surface area contributed by atoms with Crippen LogP contribution in [0.25, 0.3) is 22.0 Å². The minimum Gasteiger partial charge on any atom is -0.368 e. The maximum atomic E-state index is 12.0. The molecule has 1 saturated heterocycles. The second-order valence-electron chi connectivity index (χ2n) is 10.4. The largest absolute Gasteiger partial charge is 0.368 e. The first-order valence-electron chi connectivity index (χ1n) is 13.4. The number of aromatic nitrogens is 2. The third kappa shape index (κ3) is 6.18. The lowest BCUT2D eigenvalue weighted by Crippen LogP contribution is -2.45. The van der Waals surface area contributed by atoms with Crippen molar-refractivity contribution in [3.05, 3.63) is 90.3 Å². The molecule has 4 aromatic rings. The van der Waals surface area contributed by atoms with Crippen molar-refractivity contribution in [2.45, 2.75) is 33.0 Å². The van der Waals surface area contributed by atoms with Crippen LogP contribution >= 0.6 is 0 Å². The zero-order valence-electron chi connectivity index (χ0n) is 22.2. The zero-order chi connectivity index (χ0) is 26.5. The van der Waals surface area contributed by atoms with Gasteiger partial charge >= 0.3 is 0 Å². The van der Waals surface area contributed by atoms with Crippen LogP contribution in [0, 0.1) is 5.92 Å². The maximum absolute atomic E-state index is 12.0. The Balaban J connectivity index is 1.24. The number of nitrogens with zero attached hydrogens (tertiary/aromatic N) is 4. The van der Waals surface area contributed by atoms with E-state index in [-0.39, 0.29) is 11.8 Å². The maximum Gasteiger partial charge on any atom is 0.240 e. The molecule has 5 rings (SSSR count). The number of amides is 1. The van der Waals surface area contributed by atoms with Gasteiger partial charge in [0.1, 0.15) is 17.7 Å². The van der Waals surface area contributed by atoms with E-state index in [4.69, 9.17) is 15.7 Å². The van der Waals surface area contributed by atoms with Gasteiger partial charge in [-0.15, -0.1) is 0 Å². The second kappa shape index (κ2) is 11.7. The Kier molecular flexibility index (Phi) is 7.96. The number of rotatable bonds is 9. The first kappa shape index (κ1) is 25.8. The molecule has 2 heterocycles. The van der Waals surface area contributed by atoms with Gasteiger partial charge in [-0.3, -0.25) is 14.6 Å². The minimum absolute atomic E-state index is 0.0474. The molecule has 0 spiro atoms. The van der Waals surface area contributed by atoms with Crippen molar-refractivity contribution >= 4 is 22.6 Å². The molecule has 3 aromatic carbocycles. The van der Waals surface area contributed by atoms with E-state index in [1.807, 2.05) is 38.1 Å². The summed E-state index contributed by atoms with van der Waals surface area (Å²) < 4.78 is 0. The molecule has 38 heavy (non-hydrogen) atoms. The highest BCUT2D eigenvalue weighted by atomic mass is 16.1. The van der Waals surface area contributed by atoms with Crippen LogP contribution in [0.5, 0.6) is 0 Å². The molecule has 0 aliphatic carbocycles. The van der Waals surface area contributed by atoms with Gasteiger partial charge in [0.2, 0.25) is 5.91 Å². The summed E-state index contributed by atoms with van der Waals surface area (Å²) in [5, 5.41) is 4.19. The molecule has 0 saturated carbocycles. The molecule has 3 N–H and O–H groups in total. The molecular weight excluding hydrogens is 472 g/mol. The fourth-order valence-corrected chi connectivity index (χ4v) is 5.06. The molecule has 1 fully saturated rings. The van der Waals surface area contributed by atoms with Crippen molar-refractivity contribution < 1.29 is 4.79 Å². The Bertz CT molecular complexity index is 1380. The fourth-order valence-electron chi connectivity index (χ4n) is 5.06. The quantitative estimate of drug-likeness (QED) is 0.345. The van der Waals surface area contributed by atoms with Crippen LogP contribution in [0.15, 0.2) is 78.9 Å². The Morgan fingerprint density at radius 2 is 1.50 bits per heavy atom. The molecule has 0 radical (unpaired) electrons. The highest BCUT2D eigenvalue weighted by Gasteiger charge is 2.23.